The summed E-state index contributed by atoms with van der Waals surface area (Å²) in [5.41, 5.74) is 0.217. The first kappa shape index (κ1) is 13.9. The van der Waals surface area contributed by atoms with Crippen LogP contribution in [0, 0.1) is 17.7 Å². The Bertz CT molecular complexity index is 484. The highest BCUT2D eigenvalue weighted by Gasteiger charge is 2.40. The number of methoxy groups -OCH3 is 1. The summed E-state index contributed by atoms with van der Waals surface area (Å²) in [4.78, 5) is 0. The van der Waals surface area contributed by atoms with Gasteiger partial charge < -0.3 is 9.84 Å². The van der Waals surface area contributed by atoms with Gasteiger partial charge in [-0.3, -0.25) is 0 Å². The third kappa shape index (κ3) is 2.98. The van der Waals surface area contributed by atoms with Crippen molar-refractivity contribution in [3.05, 3.63) is 29.6 Å². The van der Waals surface area contributed by atoms with E-state index in [1.807, 2.05) is 6.07 Å². The Labute approximate surface area is 120 Å². The highest BCUT2D eigenvalue weighted by molar-refractivity contribution is 5.30. The Balaban J connectivity index is 1.70. The third-order valence-electron chi connectivity index (χ3n) is 4.90. The van der Waals surface area contributed by atoms with Gasteiger partial charge in [0, 0.05) is 6.42 Å². The summed E-state index contributed by atoms with van der Waals surface area (Å²) in [6.45, 7) is 0. The predicted molar refractivity (Wildman–Crippen MR) is 76.3 cm³/mol. The molecule has 2 aliphatic rings. The van der Waals surface area contributed by atoms with Crippen LogP contribution in [0.2, 0.25) is 0 Å². The van der Waals surface area contributed by atoms with Gasteiger partial charge in [0.05, 0.1) is 12.7 Å². The van der Waals surface area contributed by atoms with Gasteiger partial charge in [0.15, 0.2) is 11.6 Å². The molecule has 0 saturated heterocycles. The quantitative estimate of drug-likeness (QED) is 0.909. The van der Waals surface area contributed by atoms with Gasteiger partial charge in [-0.2, -0.15) is 0 Å². The second-order valence-corrected chi connectivity index (χ2v) is 6.56. The van der Waals surface area contributed by atoms with Crippen molar-refractivity contribution in [1.29, 1.82) is 0 Å². The molecule has 1 aromatic rings. The first-order valence-corrected chi connectivity index (χ1v) is 7.64. The molecule has 2 nitrogen and oxygen atoms in total. The molecule has 20 heavy (non-hydrogen) atoms. The van der Waals surface area contributed by atoms with Gasteiger partial charge >= 0.3 is 0 Å². The summed E-state index contributed by atoms with van der Waals surface area (Å²) in [6, 6.07) is 5.01. The fourth-order valence-electron chi connectivity index (χ4n) is 3.72. The summed E-state index contributed by atoms with van der Waals surface area (Å²) in [6.07, 6.45) is 7.28. The molecule has 3 rings (SSSR count). The standard InChI is InChI=1S/C17H23FO2/c1-20-16-7-4-12(9-15(16)18)10-17(19)8-2-3-14(11-17)13-5-6-13/h4,7,9,13-14,19H,2-3,5-6,8,10-11H2,1H3. The average molecular weight is 278 g/mol. The van der Waals surface area contributed by atoms with Crippen molar-refractivity contribution in [3.63, 3.8) is 0 Å². The Kier molecular flexibility index (Phi) is 3.72. The van der Waals surface area contributed by atoms with E-state index in [0.29, 0.717) is 12.3 Å². The van der Waals surface area contributed by atoms with Crippen molar-refractivity contribution in [1.82, 2.24) is 0 Å². The molecule has 0 amide bonds. The Morgan fingerprint density at radius 3 is 2.75 bits per heavy atom. The van der Waals surface area contributed by atoms with Crippen molar-refractivity contribution in [2.45, 2.75) is 50.5 Å². The lowest BCUT2D eigenvalue weighted by atomic mass is 9.73. The van der Waals surface area contributed by atoms with Crippen molar-refractivity contribution < 1.29 is 14.2 Å². The first-order valence-electron chi connectivity index (χ1n) is 7.64. The summed E-state index contributed by atoms with van der Waals surface area (Å²) in [5, 5.41) is 10.8. The van der Waals surface area contributed by atoms with E-state index in [0.717, 1.165) is 30.7 Å². The summed E-state index contributed by atoms with van der Waals surface area (Å²) in [7, 11) is 1.47. The van der Waals surface area contributed by atoms with Crippen LogP contribution < -0.4 is 4.74 Å². The fourth-order valence-corrected chi connectivity index (χ4v) is 3.72. The molecular formula is C17H23FO2. The number of benzene rings is 1. The van der Waals surface area contributed by atoms with Crippen molar-refractivity contribution in [2.24, 2.45) is 11.8 Å². The maximum atomic E-state index is 13.7. The molecular weight excluding hydrogens is 255 g/mol. The molecule has 2 fully saturated rings. The van der Waals surface area contributed by atoms with E-state index in [9.17, 15) is 9.50 Å². The minimum Gasteiger partial charge on any atom is -0.494 e. The van der Waals surface area contributed by atoms with Crippen LogP contribution >= 0.6 is 0 Å². The molecule has 0 bridgehead atoms. The van der Waals surface area contributed by atoms with Gasteiger partial charge in [-0.1, -0.05) is 12.5 Å². The summed E-state index contributed by atoms with van der Waals surface area (Å²) < 4.78 is 18.7. The molecule has 0 aliphatic heterocycles. The van der Waals surface area contributed by atoms with E-state index in [2.05, 4.69) is 0 Å². The molecule has 0 aromatic heterocycles. The van der Waals surface area contributed by atoms with E-state index in [-0.39, 0.29) is 11.6 Å². The topological polar surface area (TPSA) is 29.5 Å². The number of halogens is 1. The van der Waals surface area contributed by atoms with Crippen molar-refractivity contribution in [2.75, 3.05) is 7.11 Å². The minimum absolute atomic E-state index is 0.264. The normalized spacial score (nSPS) is 30.2. The van der Waals surface area contributed by atoms with E-state index in [1.54, 1.807) is 6.07 Å². The number of aliphatic hydroxyl groups is 1. The van der Waals surface area contributed by atoms with Crippen LogP contribution in [0.25, 0.3) is 0 Å². The van der Waals surface area contributed by atoms with Gasteiger partial charge in [-0.15, -0.1) is 0 Å². The molecule has 110 valence electrons. The summed E-state index contributed by atoms with van der Waals surface area (Å²) in [5.74, 6) is 1.44. The lowest BCUT2D eigenvalue weighted by molar-refractivity contribution is -0.0196. The monoisotopic (exact) mass is 278 g/mol. The highest BCUT2D eigenvalue weighted by atomic mass is 19.1. The van der Waals surface area contributed by atoms with E-state index < -0.39 is 5.60 Å². The minimum atomic E-state index is -0.646. The number of rotatable bonds is 4. The van der Waals surface area contributed by atoms with Crippen molar-refractivity contribution in [3.8, 4) is 5.75 Å². The third-order valence-corrected chi connectivity index (χ3v) is 4.90. The number of ether oxygens (including phenoxy) is 1. The zero-order chi connectivity index (χ0) is 14.2. The molecule has 0 spiro atoms. The molecule has 2 unspecified atom stereocenters. The van der Waals surface area contributed by atoms with E-state index in [4.69, 9.17) is 4.74 Å². The molecule has 0 heterocycles. The van der Waals surface area contributed by atoms with Crippen LogP contribution in [-0.2, 0) is 6.42 Å². The van der Waals surface area contributed by atoms with E-state index in [1.165, 1.54) is 32.4 Å². The highest BCUT2D eigenvalue weighted by Crippen LogP contribution is 2.47. The largest absolute Gasteiger partial charge is 0.494 e. The van der Waals surface area contributed by atoms with Gasteiger partial charge in [0.25, 0.3) is 0 Å². The van der Waals surface area contributed by atoms with Gasteiger partial charge in [0.1, 0.15) is 0 Å². The Morgan fingerprint density at radius 2 is 2.10 bits per heavy atom. The zero-order valence-electron chi connectivity index (χ0n) is 12.1. The van der Waals surface area contributed by atoms with Crippen molar-refractivity contribution >= 4 is 0 Å². The Morgan fingerprint density at radius 1 is 1.30 bits per heavy atom. The van der Waals surface area contributed by atoms with Gasteiger partial charge in [-0.05, 0) is 61.6 Å². The Hall–Kier alpha value is -1.09. The number of hydrogen-bond donors (Lipinski definition) is 1. The second kappa shape index (κ2) is 5.36. The molecule has 0 radical (unpaired) electrons. The van der Waals surface area contributed by atoms with Crippen LogP contribution in [0.15, 0.2) is 18.2 Å². The zero-order valence-corrected chi connectivity index (χ0v) is 12.1. The van der Waals surface area contributed by atoms with Gasteiger partial charge in [0.2, 0.25) is 0 Å². The van der Waals surface area contributed by atoms with Crippen LogP contribution in [0.4, 0.5) is 4.39 Å². The van der Waals surface area contributed by atoms with Crippen LogP contribution in [0.5, 0.6) is 5.75 Å². The van der Waals surface area contributed by atoms with Gasteiger partial charge in [-0.25, -0.2) is 4.39 Å². The lowest BCUT2D eigenvalue weighted by Gasteiger charge is -2.37. The molecule has 1 aromatic carbocycles. The smallest absolute Gasteiger partial charge is 0.165 e. The van der Waals surface area contributed by atoms with E-state index >= 15 is 0 Å². The predicted octanol–water partition coefficient (Wildman–Crippen LogP) is 3.71. The van der Waals surface area contributed by atoms with Crippen LogP contribution in [-0.4, -0.2) is 17.8 Å². The molecule has 2 aliphatic carbocycles. The van der Waals surface area contributed by atoms with Crippen LogP contribution in [0.1, 0.15) is 44.1 Å². The second-order valence-electron chi connectivity index (χ2n) is 6.56. The first-order chi connectivity index (χ1) is 9.59. The molecule has 3 heteroatoms. The van der Waals surface area contributed by atoms with Crippen LogP contribution in [0.3, 0.4) is 0 Å². The SMILES string of the molecule is COc1ccc(CC2(O)CCCC(C3CC3)C2)cc1F. The molecule has 1 N–H and O–H groups in total. The molecule has 2 atom stereocenters. The average Bonchev–Trinajstić information content (AvgIpc) is 3.23. The fraction of sp³-hybridized carbons (Fsp3) is 0.647. The maximum Gasteiger partial charge on any atom is 0.165 e. The lowest BCUT2D eigenvalue weighted by Crippen LogP contribution is -2.38. The maximum absolute atomic E-state index is 13.7. The number of hydrogen-bond acceptors (Lipinski definition) is 2. The molecule has 2 saturated carbocycles. The summed E-state index contributed by atoms with van der Waals surface area (Å²) >= 11 is 0.